The Bertz CT molecular complexity index is 736. The molecule has 0 aromatic heterocycles. The highest BCUT2D eigenvalue weighted by Crippen LogP contribution is 2.19. The number of rotatable bonds is 3. The van der Waals surface area contributed by atoms with E-state index >= 15 is 0 Å². The van der Waals surface area contributed by atoms with E-state index in [4.69, 9.17) is 21.0 Å². The number of nitrogens with two attached hydrogens (primary N) is 1. The molecule has 0 unspecified atom stereocenters. The van der Waals surface area contributed by atoms with Crippen molar-refractivity contribution in [2.24, 2.45) is 5.73 Å². The van der Waals surface area contributed by atoms with Crippen LogP contribution in [-0.2, 0) is 24.7 Å². The molecule has 1 aromatic rings. The molecule has 5 N–H and O–H groups in total. The Balaban J connectivity index is 0.000000885. The van der Waals surface area contributed by atoms with E-state index in [1.54, 1.807) is 4.72 Å². The maximum absolute atomic E-state index is 11.7. The van der Waals surface area contributed by atoms with Gasteiger partial charge in [-0.05, 0) is 12.1 Å². The summed E-state index contributed by atoms with van der Waals surface area (Å²) in [5, 5.41) is 14.3. The van der Waals surface area contributed by atoms with Crippen molar-refractivity contribution < 1.29 is 26.7 Å². The smallest absolute Gasteiger partial charge is 0.300 e. The molecule has 0 saturated heterocycles. The predicted octanol–water partition coefficient (Wildman–Crippen LogP) is -0.647. The number of nitrogens with one attached hydrogen (secondary N) is 2. The minimum Gasteiger partial charge on any atom is -0.481 e. The quantitative estimate of drug-likeness (QED) is 0.420. The molecule has 0 saturated carbocycles. The fourth-order valence-electron chi connectivity index (χ4n) is 1.18. The molecule has 0 aliphatic heterocycles. The van der Waals surface area contributed by atoms with Crippen molar-refractivity contribution in [2.45, 2.75) is 16.7 Å². The molecule has 118 valence electrons. The van der Waals surface area contributed by atoms with Gasteiger partial charge in [-0.1, -0.05) is 12.1 Å². The van der Waals surface area contributed by atoms with Gasteiger partial charge in [0.05, 0.1) is 4.90 Å². The number of hydrogen-bond donors (Lipinski definition) is 4. The molecule has 0 spiro atoms. The second kappa shape index (κ2) is 7.04. The number of sulfonamides is 1. The molecular weight excluding hydrogens is 322 g/mol. The van der Waals surface area contributed by atoms with E-state index in [1.165, 1.54) is 18.2 Å². The van der Waals surface area contributed by atoms with Crippen LogP contribution in [0.25, 0.3) is 0 Å². The van der Waals surface area contributed by atoms with Crippen LogP contribution in [0.5, 0.6) is 0 Å². The maximum atomic E-state index is 11.7. The van der Waals surface area contributed by atoms with Gasteiger partial charge in [0.15, 0.2) is 15.8 Å². The number of carboxylic acids is 1. The summed E-state index contributed by atoms with van der Waals surface area (Å²) in [6.07, 6.45) is 0.898. The third-order valence-electron chi connectivity index (χ3n) is 1.78. The first-order chi connectivity index (χ1) is 9.38. The van der Waals surface area contributed by atoms with Crippen LogP contribution in [0.15, 0.2) is 34.1 Å². The third kappa shape index (κ3) is 6.72. The van der Waals surface area contributed by atoms with Gasteiger partial charge >= 0.3 is 0 Å². The largest absolute Gasteiger partial charge is 0.481 e. The van der Waals surface area contributed by atoms with Crippen LogP contribution in [0.4, 0.5) is 0 Å². The van der Waals surface area contributed by atoms with Gasteiger partial charge in [-0.15, -0.1) is 0 Å². The molecule has 0 fully saturated rings. The summed E-state index contributed by atoms with van der Waals surface area (Å²) in [5.41, 5.74) is 4.92. The van der Waals surface area contributed by atoms with E-state index in [0.717, 1.165) is 19.2 Å². The molecule has 0 bridgehead atoms. The Hall–Kier alpha value is -2.14. The molecule has 0 aliphatic rings. The Morgan fingerprint density at radius 1 is 1.19 bits per heavy atom. The van der Waals surface area contributed by atoms with E-state index in [1.807, 2.05) is 0 Å². The van der Waals surface area contributed by atoms with Crippen molar-refractivity contribution in [3.05, 3.63) is 24.3 Å². The topological polar surface area (TPSA) is 167 Å². The van der Waals surface area contributed by atoms with Crippen LogP contribution < -0.4 is 10.5 Å². The van der Waals surface area contributed by atoms with Gasteiger partial charge in [0.1, 0.15) is 4.90 Å². The number of guanidine groups is 1. The molecular formula is C10H15N3O6S2. The lowest BCUT2D eigenvalue weighted by atomic mass is 10.4. The highest BCUT2D eigenvalue weighted by molar-refractivity contribution is 7.93. The fourth-order valence-corrected chi connectivity index (χ4v) is 3.71. The molecule has 0 radical (unpaired) electrons. The molecule has 1 aromatic carbocycles. The summed E-state index contributed by atoms with van der Waals surface area (Å²) in [6.45, 7) is 1.08. The Labute approximate surface area is 122 Å². The molecule has 0 atom stereocenters. The fraction of sp³-hybridized carbons (Fsp3) is 0.200. The lowest BCUT2D eigenvalue weighted by Gasteiger charge is -2.09. The van der Waals surface area contributed by atoms with Crippen LogP contribution in [-0.4, -0.2) is 40.1 Å². The molecule has 9 nitrogen and oxygen atoms in total. The van der Waals surface area contributed by atoms with E-state index < -0.39 is 36.7 Å². The molecule has 0 aliphatic carbocycles. The monoisotopic (exact) mass is 337 g/mol. The molecule has 1 rings (SSSR count). The van der Waals surface area contributed by atoms with Gasteiger partial charge in [-0.2, -0.15) is 0 Å². The average molecular weight is 337 g/mol. The summed E-state index contributed by atoms with van der Waals surface area (Å²) in [4.78, 5) is 8.23. The SMILES string of the molecule is CC(=O)O.CS(=O)(=O)c1ccccc1S(=O)(=O)NC(=N)N. The standard InChI is InChI=1S/C8H11N3O4S2.C2H4O2/c1-16(12,13)6-4-2-3-5-7(6)17(14,15)11-8(9)10;1-2(3)4/h2-5H,1H3,(H4,9,10,11);1H3,(H,3,4). The molecule has 21 heavy (non-hydrogen) atoms. The van der Waals surface area contributed by atoms with Gasteiger partial charge in [0.25, 0.3) is 16.0 Å². The van der Waals surface area contributed by atoms with Crippen molar-refractivity contribution in [3.8, 4) is 0 Å². The molecule has 11 heteroatoms. The first kappa shape index (κ1) is 18.9. The van der Waals surface area contributed by atoms with Gasteiger partial charge in [-0.25, -0.2) is 21.6 Å². The van der Waals surface area contributed by atoms with E-state index in [2.05, 4.69) is 0 Å². The first-order valence-corrected chi connectivity index (χ1v) is 8.61. The van der Waals surface area contributed by atoms with Crippen LogP contribution in [0.1, 0.15) is 6.92 Å². The van der Waals surface area contributed by atoms with Crippen molar-refractivity contribution in [1.82, 2.24) is 4.72 Å². The summed E-state index contributed by atoms with van der Waals surface area (Å²) in [5.74, 6) is -1.62. The lowest BCUT2D eigenvalue weighted by molar-refractivity contribution is -0.134. The number of hydrogen-bond acceptors (Lipinski definition) is 6. The first-order valence-electron chi connectivity index (χ1n) is 5.23. The van der Waals surface area contributed by atoms with Crippen molar-refractivity contribution in [2.75, 3.05) is 6.26 Å². The minimum absolute atomic E-state index is 0.339. The summed E-state index contributed by atoms with van der Waals surface area (Å²) < 4.78 is 48.0. The third-order valence-corrected chi connectivity index (χ3v) is 4.49. The van der Waals surface area contributed by atoms with Gasteiger partial charge in [-0.3, -0.25) is 10.2 Å². The van der Waals surface area contributed by atoms with E-state index in [-0.39, 0.29) is 4.90 Å². The second-order valence-corrected chi connectivity index (χ2v) is 7.39. The molecule has 0 amide bonds. The van der Waals surface area contributed by atoms with Gasteiger partial charge < -0.3 is 10.8 Å². The average Bonchev–Trinajstić information content (AvgIpc) is 2.25. The molecule has 0 heterocycles. The van der Waals surface area contributed by atoms with Crippen LogP contribution >= 0.6 is 0 Å². The van der Waals surface area contributed by atoms with Crippen molar-refractivity contribution >= 4 is 31.8 Å². The Morgan fingerprint density at radius 2 is 1.57 bits per heavy atom. The highest BCUT2D eigenvalue weighted by Gasteiger charge is 2.23. The maximum Gasteiger partial charge on any atom is 0.300 e. The highest BCUT2D eigenvalue weighted by atomic mass is 32.2. The Morgan fingerprint density at radius 3 is 1.90 bits per heavy atom. The van der Waals surface area contributed by atoms with Gasteiger partial charge in [0.2, 0.25) is 0 Å². The van der Waals surface area contributed by atoms with Crippen molar-refractivity contribution in [3.63, 3.8) is 0 Å². The summed E-state index contributed by atoms with van der Waals surface area (Å²) in [7, 11) is -7.83. The summed E-state index contributed by atoms with van der Waals surface area (Å²) in [6, 6.07) is 5.08. The van der Waals surface area contributed by atoms with Crippen molar-refractivity contribution in [1.29, 1.82) is 5.41 Å². The van der Waals surface area contributed by atoms with Gasteiger partial charge in [0, 0.05) is 13.2 Å². The predicted molar refractivity (Wildman–Crippen MR) is 75.1 cm³/mol. The minimum atomic E-state index is -4.15. The van der Waals surface area contributed by atoms with Crippen LogP contribution in [0.2, 0.25) is 0 Å². The number of carbonyl (C=O) groups is 1. The zero-order valence-corrected chi connectivity index (χ0v) is 12.8. The zero-order chi connectivity index (χ0) is 16.8. The zero-order valence-electron chi connectivity index (χ0n) is 11.2. The number of carboxylic acid groups (broad SMARTS) is 1. The normalized spacial score (nSPS) is 11.0. The number of aliphatic carboxylic acids is 1. The van der Waals surface area contributed by atoms with E-state index in [0.29, 0.717) is 0 Å². The number of sulfone groups is 1. The number of benzene rings is 1. The Kier molecular flexibility index (Phi) is 6.32. The van der Waals surface area contributed by atoms with Crippen LogP contribution in [0, 0.1) is 5.41 Å². The van der Waals surface area contributed by atoms with E-state index in [9.17, 15) is 16.8 Å². The lowest BCUT2D eigenvalue weighted by Crippen LogP contribution is -2.36. The van der Waals surface area contributed by atoms with Crippen LogP contribution in [0.3, 0.4) is 0 Å². The second-order valence-electron chi connectivity index (χ2n) is 3.76. The summed E-state index contributed by atoms with van der Waals surface area (Å²) >= 11 is 0.